The SMILES string of the molecule is OCc1cc2n(n1)CCCN(Cc1cc(CN3CCCCC3)cs1)C2. The summed E-state index contributed by atoms with van der Waals surface area (Å²) in [6.45, 7) is 7.67. The summed E-state index contributed by atoms with van der Waals surface area (Å²) in [7, 11) is 0. The van der Waals surface area contributed by atoms with E-state index in [1.807, 2.05) is 11.3 Å². The van der Waals surface area contributed by atoms with Crippen LogP contribution < -0.4 is 0 Å². The van der Waals surface area contributed by atoms with E-state index in [2.05, 4.69) is 37.1 Å². The lowest BCUT2D eigenvalue weighted by molar-refractivity contribution is 0.221. The van der Waals surface area contributed by atoms with Crippen LogP contribution in [0.5, 0.6) is 0 Å². The third kappa shape index (κ3) is 4.31. The largest absolute Gasteiger partial charge is 0.390 e. The van der Waals surface area contributed by atoms with E-state index in [0.717, 1.165) is 44.8 Å². The molecule has 0 bridgehead atoms. The Kier molecular flexibility index (Phi) is 5.51. The number of rotatable bonds is 5. The summed E-state index contributed by atoms with van der Waals surface area (Å²) < 4.78 is 2.07. The van der Waals surface area contributed by atoms with Crippen molar-refractivity contribution in [2.75, 3.05) is 19.6 Å². The summed E-state index contributed by atoms with van der Waals surface area (Å²) in [4.78, 5) is 6.57. The Morgan fingerprint density at radius 1 is 0.960 bits per heavy atom. The van der Waals surface area contributed by atoms with Gasteiger partial charge in [0.1, 0.15) is 0 Å². The van der Waals surface area contributed by atoms with E-state index in [1.165, 1.54) is 48.5 Å². The first-order valence-corrected chi connectivity index (χ1v) is 10.4. The number of hydrogen-bond donors (Lipinski definition) is 1. The summed E-state index contributed by atoms with van der Waals surface area (Å²) in [5, 5.41) is 16.1. The topological polar surface area (TPSA) is 44.5 Å². The van der Waals surface area contributed by atoms with Crippen molar-refractivity contribution in [3.8, 4) is 0 Å². The van der Waals surface area contributed by atoms with E-state index in [9.17, 15) is 5.11 Å². The summed E-state index contributed by atoms with van der Waals surface area (Å²) in [6, 6.07) is 4.45. The molecule has 0 aliphatic carbocycles. The van der Waals surface area contributed by atoms with E-state index < -0.39 is 0 Å². The number of fused-ring (bicyclic) bond motifs is 1. The molecule has 25 heavy (non-hydrogen) atoms. The van der Waals surface area contributed by atoms with Crippen molar-refractivity contribution in [3.63, 3.8) is 0 Å². The van der Waals surface area contributed by atoms with Crippen LogP contribution in [0, 0.1) is 0 Å². The molecule has 0 spiro atoms. The van der Waals surface area contributed by atoms with Crippen molar-refractivity contribution >= 4 is 11.3 Å². The molecule has 1 fully saturated rings. The summed E-state index contributed by atoms with van der Waals surface area (Å²) >= 11 is 1.90. The lowest BCUT2D eigenvalue weighted by Gasteiger charge is -2.25. The second kappa shape index (κ2) is 7.99. The van der Waals surface area contributed by atoms with Gasteiger partial charge < -0.3 is 5.11 Å². The third-order valence-electron chi connectivity index (χ3n) is 5.25. The standard InChI is InChI=1S/C19H28N4OS/c24-14-17-10-18-12-22(7-4-8-23(18)20-17)13-19-9-16(15-25-19)11-21-5-2-1-3-6-21/h9-10,15,24H,1-8,11-14H2. The molecule has 1 saturated heterocycles. The highest BCUT2D eigenvalue weighted by Gasteiger charge is 2.18. The van der Waals surface area contributed by atoms with Gasteiger partial charge in [-0.1, -0.05) is 6.42 Å². The highest BCUT2D eigenvalue weighted by Crippen LogP contribution is 2.22. The number of hydrogen-bond acceptors (Lipinski definition) is 5. The fraction of sp³-hybridized carbons (Fsp3) is 0.632. The van der Waals surface area contributed by atoms with Gasteiger partial charge in [-0.3, -0.25) is 14.5 Å². The van der Waals surface area contributed by atoms with Crippen LogP contribution in [-0.2, 0) is 32.8 Å². The Hall–Kier alpha value is -1.21. The Labute approximate surface area is 153 Å². The molecule has 0 amide bonds. The second-order valence-electron chi connectivity index (χ2n) is 7.33. The number of thiophene rings is 1. The molecule has 4 heterocycles. The number of aliphatic hydroxyl groups is 1. The third-order valence-corrected chi connectivity index (χ3v) is 6.22. The molecule has 5 nitrogen and oxygen atoms in total. The predicted molar refractivity (Wildman–Crippen MR) is 100 cm³/mol. The lowest BCUT2D eigenvalue weighted by Crippen LogP contribution is -2.28. The van der Waals surface area contributed by atoms with Crippen LogP contribution in [0.4, 0.5) is 0 Å². The first kappa shape index (κ1) is 17.2. The molecular weight excluding hydrogens is 332 g/mol. The molecule has 0 radical (unpaired) electrons. The maximum absolute atomic E-state index is 9.30. The maximum atomic E-state index is 9.30. The van der Waals surface area contributed by atoms with Crippen molar-refractivity contribution in [2.24, 2.45) is 0 Å². The predicted octanol–water partition coefficient (Wildman–Crippen LogP) is 2.83. The fourth-order valence-corrected chi connectivity index (χ4v) is 4.91. The molecule has 2 aliphatic heterocycles. The van der Waals surface area contributed by atoms with E-state index in [1.54, 1.807) is 0 Å². The Balaban J connectivity index is 1.36. The van der Waals surface area contributed by atoms with Gasteiger partial charge in [0.15, 0.2) is 0 Å². The zero-order chi connectivity index (χ0) is 17.1. The van der Waals surface area contributed by atoms with Gasteiger partial charge in [0.05, 0.1) is 18.0 Å². The molecule has 6 heteroatoms. The first-order valence-electron chi connectivity index (χ1n) is 9.47. The normalized spacial score (nSPS) is 19.7. The van der Waals surface area contributed by atoms with Crippen LogP contribution in [-0.4, -0.2) is 44.3 Å². The average molecular weight is 361 g/mol. The molecule has 2 aliphatic rings. The number of piperidine rings is 1. The monoisotopic (exact) mass is 360 g/mol. The van der Waals surface area contributed by atoms with Crippen LogP contribution in [0.25, 0.3) is 0 Å². The van der Waals surface area contributed by atoms with E-state index in [-0.39, 0.29) is 6.61 Å². The van der Waals surface area contributed by atoms with Gasteiger partial charge in [-0.05, 0) is 55.4 Å². The van der Waals surface area contributed by atoms with E-state index in [4.69, 9.17) is 0 Å². The molecule has 4 rings (SSSR count). The zero-order valence-electron chi connectivity index (χ0n) is 14.9. The molecule has 136 valence electrons. The quantitative estimate of drug-likeness (QED) is 0.891. The van der Waals surface area contributed by atoms with E-state index in [0.29, 0.717) is 0 Å². The van der Waals surface area contributed by atoms with Gasteiger partial charge in [0.2, 0.25) is 0 Å². The molecule has 0 unspecified atom stereocenters. The Morgan fingerprint density at radius 2 is 1.80 bits per heavy atom. The molecule has 0 atom stereocenters. The smallest absolute Gasteiger partial charge is 0.0882 e. The number of nitrogens with zero attached hydrogens (tertiary/aromatic N) is 4. The first-order chi connectivity index (χ1) is 12.3. The number of aryl methyl sites for hydroxylation is 1. The number of likely N-dealkylation sites (tertiary alicyclic amines) is 1. The average Bonchev–Trinajstić information content (AvgIpc) is 3.18. The van der Waals surface area contributed by atoms with Crippen molar-refractivity contribution in [1.29, 1.82) is 0 Å². The van der Waals surface area contributed by atoms with Crippen LogP contribution >= 0.6 is 11.3 Å². The maximum Gasteiger partial charge on any atom is 0.0882 e. The number of aliphatic hydroxyl groups excluding tert-OH is 1. The van der Waals surface area contributed by atoms with Crippen molar-refractivity contribution < 1.29 is 5.11 Å². The molecule has 2 aromatic heterocycles. The molecule has 2 aromatic rings. The minimum absolute atomic E-state index is 0.0325. The molecular formula is C19H28N4OS. The van der Waals surface area contributed by atoms with Gasteiger partial charge in [-0.25, -0.2) is 0 Å². The molecule has 0 aromatic carbocycles. The highest BCUT2D eigenvalue weighted by molar-refractivity contribution is 7.10. The van der Waals surface area contributed by atoms with Crippen LogP contribution in [0.3, 0.4) is 0 Å². The molecule has 0 saturated carbocycles. The van der Waals surface area contributed by atoms with Crippen LogP contribution in [0.15, 0.2) is 17.5 Å². The van der Waals surface area contributed by atoms with Crippen molar-refractivity contribution in [3.05, 3.63) is 39.3 Å². The Bertz CT molecular complexity index is 689. The summed E-state index contributed by atoms with van der Waals surface area (Å²) in [6.07, 6.45) is 5.23. The van der Waals surface area contributed by atoms with Gasteiger partial charge >= 0.3 is 0 Å². The van der Waals surface area contributed by atoms with Crippen LogP contribution in [0.1, 0.15) is 47.5 Å². The van der Waals surface area contributed by atoms with Gasteiger partial charge in [-0.15, -0.1) is 11.3 Å². The number of aromatic nitrogens is 2. The minimum Gasteiger partial charge on any atom is -0.390 e. The fourth-order valence-electron chi connectivity index (χ4n) is 3.99. The Morgan fingerprint density at radius 3 is 2.64 bits per heavy atom. The lowest BCUT2D eigenvalue weighted by atomic mass is 10.1. The zero-order valence-corrected chi connectivity index (χ0v) is 15.7. The van der Waals surface area contributed by atoms with Gasteiger partial charge in [-0.2, -0.15) is 5.10 Å². The minimum atomic E-state index is 0.0325. The summed E-state index contributed by atoms with van der Waals surface area (Å²) in [5.41, 5.74) is 3.49. The van der Waals surface area contributed by atoms with Crippen LogP contribution in [0.2, 0.25) is 0 Å². The summed E-state index contributed by atoms with van der Waals surface area (Å²) in [5.74, 6) is 0. The highest BCUT2D eigenvalue weighted by atomic mass is 32.1. The van der Waals surface area contributed by atoms with Gasteiger partial charge in [0.25, 0.3) is 0 Å². The van der Waals surface area contributed by atoms with Crippen molar-refractivity contribution in [1.82, 2.24) is 19.6 Å². The second-order valence-corrected chi connectivity index (χ2v) is 8.33. The van der Waals surface area contributed by atoms with E-state index >= 15 is 0 Å². The van der Waals surface area contributed by atoms with Crippen molar-refractivity contribution in [2.45, 2.75) is 58.5 Å². The molecule has 1 N–H and O–H groups in total. The van der Waals surface area contributed by atoms with Gasteiger partial charge in [0, 0.05) is 37.6 Å².